The Balaban J connectivity index is 1.30. The molecule has 1 aromatic heterocycles. The molecule has 0 unspecified atom stereocenters. The molecule has 7 nitrogen and oxygen atoms in total. The quantitative estimate of drug-likeness (QED) is 0.446. The van der Waals surface area contributed by atoms with Gasteiger partial charge in [0.2, 0.25) is 16.9 Å². The molecule has 0 aliphatic carbocycles. The van der Waals surface area contributed by atoms with Gasteiger partial charge in [0.05, 0.1) is 6.04 Å². The van der Waals surface area contributed by atoms with Crippen molar-refractivity contribution in [2.75, 3.05) is 31.5 Å². The molecule has 1 atom stereocenters. The van der Waals surface area contributed by atoms with Gasteiger partial charge in [-0.2, -0.15) is 0 Å². The third-order valence-electron chi connectivity index (χ3n) is 6.08. The zero-order valence-corrected chi connectivity index (χ0v) is 21.4. The maximum Gasteiger partial charge on any atom is 0.226 e. The highest BCUT2D eigenvalue weighted by Crippen LogP contribution is 2.30. The Hall–Kier alpha value is -2.81. The number of aryl methyl sites for hydroxylation is 1. The molecule has 0 saturated carbocycles. The predicted octanol–water partition coefficient (Wildman–Crippen LogP) is 4.80. The monoisotopic (exact) mass is 511 g/mol. The van der Waals surface area contributed by atoms with Gasteiger partial charge in [-0.1, -0.05) is 72.3 Å². The van der Waals surface area contributed by atoms with Crippen LogP contribution in [0.3, 0.4) is 0 Å². The summed E-state index contributed by atoms with van der Waals surface area (Å²) < 4.78 is 0. The largest absolute Gasteiger partial charge is 0.340 e. The molecule has 3 aromatic rings. The number of benzene rings is 2. The molecular weight excluding hydrogens is 482 g/mol. The lowest BCUT2D eigenvalue weighted by atomic mass is 9.96. The van der Waals surface area contributed by atoms with E-state index in [0.717, 1.165) is 30.9 Å². The van der Waals surface area contributed by atoms with E-state index >= 15 is 0 Å². The van der Waals surface area contributed by atoms with E-state index in [9.17, 15) is 9.59 Å². The van der Waals surface area contributed by atoms with Gasteiger partial charge < -0.3 is 10.2 Å². The summed E-state index contributed by atoms with van der Waals surface area (Å²) in [5.74, 6) is -0.199. The summed E-state index contributed by atoms with van der Waals surface area (Å²) in [7, 11) is 0. The van der Waals surface area contributed by atoms with Crippen LogP contribution in [0.5, 0.6) is 0 Å². The maximum atomic E-state index is 12.8. The second kappa shape index (κ2) is 12.2. The van der Waals surface area contributed by atoms with E-state index in [4.69, 9.17) is 11.6 Å². The number of anilines is 1. The van der Waals surface area contributed by atoms with Crippen LogP contribution in [-0.2, 0) is 16.0 Å². The standard InChI is InChI=1S/C26H30ClN5O2S/c1-2-6-23-29-30-26(35-23)28-22(33)13-14-24(34)31-15-17-32(18-16-31)25(19-7-4-3-5-8-19)20-9-11-21(27)12-10-20/h3-5,7-12,25H,2,6,13-18H2,1H3,(H,28,30,33)/t25-/m0/s1. The van der Waals surface area contributed by atoms with Crippen LogP contribution < -0.4 is 5.32 Å². The highest BCUT2D eigenvalue weighted by Gasteiger charge is 2.28. The van der Waals surface area contributed by atoms with Gasteiger partial charge in [0.15, 0.2) is 0 Å². The second-order valence-electron chi connectivity index (χ2n) is 8.58. The minimum atomic E-state index is -0.205. The number of aromatic nitrogens is 2. The number of rotatable bonds is 9. The number of carbonyl (C=O) groups is 2. The molecule has 2 amide bonds. The van der Waals surface area contributed by atoms with E-state index in [1.165, 1.54) is 22.5 Å². The number of carbonyl (C=O) groups excluding carboxylic acids is 2. The number of halogens is 1. The summed E-state index contributed by atoms with van der Waals surface area (Å²) in [6.45, 7) is 4.85. The van der Waals surface area contributed by atoms with E-state index in [1.807, 2.05) is 23.1 Å². The maximum absolute atomic E-state index is 12.8. The Morgan fingerprint density at radius 1 is 0.971 bits per heavy atom. The van der Waals surface area contributed by atoms with Crippen LogP contribution in [0, 0.1) is 0 Å². The Labute approximate surface area is 215 Å². The van der Waals surface area contributed by atoms with Crippen molar-refractivity contribution in [3.63, 3.8) is 0 Å². The van der Waals surface area contributed by atoms with Crippen molar-refractivity contribution in [2.24, 2.45) is 0 Å². The average molecular weight is 512 g/mol. The van der Waals surface area contributed by atoms with E-state index in [-0.39, 0.29) is 30.7 Å². The fourth-order valence-corrected chi connectivity index (χ4v) is 5.29. The zero-order valence-electron chi connectivity index (χ0n) is 19.8. The van der Waals surface area contributed by atoms with Crippen molar-refractivity contribution in [1.82, 2.24) is 20.0 Å². The first-order valence-corrected chi connectivity index (χ1v) is 13.2. The first-order chi connectivity index (χ1) is 17.0. The van der Waals surface area contributed by atoms with Gasteiger partial charge in [-0.05, 0) is 29.7 Å². The molecule has 35 heavy (non-hydrogen) atoms. The predicted molar refractivity (Wildman–Crippen MR) is 140 cm³/mol. The number of nitrogens with zero attached hydrogens (tertiary/aromatic N) is 4. The first kappa shape index (κ1) is 25.3. The number of nitrogens with one attached hydrogen (secondary N) is 1. The molecule has 0 spiro atoms. The van der Waals surface area contributed by atoms with Crippen LogP contribution in [-0.4, -0.2) is 58.0 Å². The molecule has 1 aliphatic heterocycles. The van der Waals surface area contributed by atoms with Crippen LogP contribution in [0.2, 0.25) is 5.02 Å². The summed E-state index contributed by atoms with van der Waals surface area (Å²) in [6, 6.07) is 18.5. The summed E-state index contributed by atoms with van der Waals surface area (Å²) >= 11 is 7.51. The van der Waals surface area contributed by atoms with Crippen molar-refractivity contribution in [2.45, 2.75) is 38.6 Å². The Morgan fingerprint density at radius 3 is 2.34 bits per heavy atom. The Kier molecular flexibility index (Phi) is 8.84. The fourth-order valence-electron chi connectivity index (χ4n) is 4.30. The topological polar surface area (TPSA) is 78.4 Å². The average Bonchev–Trinajstić information content (AvgIpc) is 3.32. The van der Waals surface area contributed by atoms with E-state index in [1.54, 1.807) is 0 Å². The fraction of sp³-hybridized carbons (Fsp3) is 0.385. The van der Waals surface area contributed by atoms with Crippen LogP contribution >= 0.6 is 22.9 Å². The van der Waals surface area contributed by atoms with Crippen molar-refractivity contribution >= 4 is 39.9 Å². The van der Waals surface area contributed by atoms with E-state index < -0.39 is 0 Å². The van der Waals surface area contributed by atoms with Gasteiger partial charge in [0, 0.05) is 50.5 Å². The summed E-state index contributed by atoms with van der Waals surface area (Å²) in [4.78, 5) is 29.3. The van der Waals surface area contributed by atoms with Crippen LogP contribution in [0.25, 0.3) is 0 Å². The lowest BCUT2D eigenvalue weighted by Crippen LogP contribution is -2.50. The lowest BCUT2D eigenvalue weighted by Gasteiger charge is -2.40. The molecule has 4 rings (SSSR count). The van der Waals surface area contributed by atoms with Gasteiger partial charge in [-0.15, -0.1) is 10.2 Å². The summed E-state index contributed by atoms with van der Waals surface area (Å²) in [5, 5.41) is 12.9. The number of amides is 2. The minimum Gasteiger partial charge on any atom is -0.340 e. The summed E-state index contributed by atoms with van der Waals surface area (Å²) in [6.07, 6.45) is 2.15. The van der Waals surface area contributed by atoms with Gasteiger partial charge in [0.25, 0.3) is 0 Å². The first-order valence-electron chi connectivity index (χ1n) is 12.0. The molecule has 2 aromatic carbocycles. The van der Waals surface area contributed by atoms with Gasteiger partial charge >= 0.3 is 0 Å². The van der Waals surface area contributed by atoms with Gasteiger partial charge in [0.1, 0.15) is 5.01 Å². The van der Waals surface area contributed by atoms with Crippen LogP contribution in [0.15, 0.2) is 54.6 Å². The highest BCUT2D eigenvalue weighted by atomic mass is 35.5. The van der Waals surface area contributed by atoms with Crippen molar-refractivity contribution < 1.29 is 9.59 Å². The molecule has 1 N–H and O–H groups in total. The minimum absolute atomic E-state index is 0.00601. The summed E-state index contributed by atoms with van der Waals surface area (Å²) in [5.41, 5.74) is 2.39. The van der Waals surface area contributed by atoms with E-state index in [2.05, 4.69) is 63.7 Å². The normalized spacial score (nSPS) is 15.1. The van der Waals surface area contributed by atoms with Crippen molar-refractivity contribution in [3.8, 4) is 0 Å². The molecule has 1 fully saturated rings. The molecular formula is C26H30ClN5O2S. The third-order valence-corrected chi connectivity index (χ3v) is 7.23. The third kappa shape index (κ3) is 6.87. The molecule has 1 saturated heterocycles. The molecule has 9 heteroatoms. The number of hydrogen-bond acceptors (Lipinski definition) is 6. The van der Waals surface area contributed by atoms with Gasteiger partial charge in [-0.3, -0.25) is 14.5 Å². The lowest BCUT2D eigenvalue weighted by molar-refractivity contribution is -0.134. The van der Waals surface area contributed by atoms with Crippen LogP contribution in [0.4, 0.5) is 5.13 Å². The molecule has 184 valence electrons. The molecule has 0 radical (unpaired) electrons. The second-order valence-corrected chi connectivity index (χ2v) is 10.1. The van der Waals surface area contributed by atoms with Crippen molar-refractivity contribution in [3.05, 3.63) is 75.8 Å². The SMILES string of the molecule is CCCc1nnc(NC(=O)CCC(=O)N2CCN([C@@H](c3ccccc3)c3ccc(Cl)cc3)CC2)s1. The number of piperazine rings is 1. The molecule has 1 aliphatic rings. The molecule has 2 heterocycles. The molecule has 0 bridgehead atoms. The van der Waals surface area contributed by atoms with E-state index in [0.29, 0.717) is 23.2 Å². The Bertz CT molecular complexity index is 1110. The van der Waals surface area contributed by atoms with Gasteiger partial charge in [-0.25, -0.2) is 0 Å². The Morgan fingerprint density at radius 2 is 1.66 bits per heavy atom. The van der Waals surface area contributed by atoms with Crippen LogP contribution in [0.1, 0.15) is 48.4 Å². The zero-order chi connectivity index (χ0) is 24.6. The smallest absolute Gasteiger partial charge is 0.226 e. The highest BCUT2D eigenvalue weighted by molar-refractivity contribution is 7.15. The number of hydrogen-bond donors (Lipinski definition) is 1. The van der Waals surface area contributed by atoms with Crippen molar-refractivity contribution in [1.29, 1.82) is 0 Å².